The van der Waals surface area contributed by atoms with Crippen LogP contribution in [0.15, 0.2) is 48.7 Å². The van der Waals surface area contributed by atoms with Gasteiger partial charge in [-0.15, -0.1) is 0 Å². The average molecular weight is 530 g/mol. The molecular weight excluding hydrogens is 493 g/mol. The zero-order valence-electron chi connectivity index (χ0n) is 22.9. The Bertz CT molecular complexity index is 1430. The predicted molar refractivity (Wildman–Crippen MR) is 148 cm³/mol. The lowest BCUT2D eigenvalue weighted by Gasteiger charge is -2.45. The Labute approximate surface area is 229 Å². The van der Waals surface area contributed by atoms with E-state index in [9.17, 15) is 9.90 Å². The number of hydrogen-bond acceptors (Lipinski definition) is 4. The summed E-state index contributed by atoms with van der Waals surface area (Å²) in [6.45, 7) is 4.98. The quantitative estimate of drug-likeness (QED) is 0.344. The number of aliphatic carboxylic acids is 1. The third-order valence-corrected chi connectivity index (χ3v) is 9.79. The molecule has 1 heterocycles. The lowest BCUT2D eigenvalue weighted by Crippen LogP contribution is -2.46. The van der Waals surface area contributed by atoms with Crippen molar-refractivity contribution < 1.29 is 23.8 Å². The van der Waals surface area contributed by atoms with Crippen molar-refractivity contribution >= 4 is 5.97 Å². The topological polar surface area (TPSA) is 68.7 Å². The van der Waals surface area contributed by atoms with E-state index in [-0.39, 0.29) is 22.6 Å². The highest BCUT2D eigenvalue weighted by atomic mass is 19.1. The maximum absolute atomic E-state index is 15.0. The third-order valence-electron chi connectivity index (χ3n) is 9.79. The van der Waals surface area contributed by atoms with E-state index < -0.39 is 5.97 Å². The molecule has 3 atom stereocenters. The van der Waals surface area contributed by atoms with Crippen molar-refractivity contribution in [2.75, 3.05) is 7.11 Å². The molecule has 1 N–H and O–H groups in total. The van der Waals surface area contributed by atoms with Crippen LogP contribution in [-0.2, 0) is 23.2 Å². The number of rotatable bonds is 7. The number of carboxylic acid groups (broad SMARTS) is 1. The Morgan fingerprint density at radius 3 is 2.62 bits per heavy atom. The summed E-state index contributed by atoms with van der Waals surface area (Å²) in [4.78, 5) is 15.9. The summed E-state index contributed by atoms with van der Waals surface area (Å²) in [6, 6.07) is 14.0. The molecule has 2 fully saturated rings. The molecular formula is C33H36FNO4. The Balaban J connectivity index is 1.31. The number of carbonyl (C=O) groups is 1. The number of carboxylic acids is 1. The van der Waals surface area contributed by atoms with Crippen LogP contribution in [0.4, 0.5) is 4.39 Å². The van der Waals surface area contributed by atoms with Gasteiger partial charge in [-0.05, 0) is 89.8 Å². The van der Waals surface area contributed by atoms with Gasteiger partial charge in [0.2, 0.25) is 5.88 Å². The summed E-state index contributed by atoms with van der Waals surface area (Å²) < 4.78 is 26.6. The van der Waals surface area contributed by atoms with Gasteiger partial charge in [0, 0.05) is 17.0 Å². The highest BCUT2D eigenvalue weighted by molar-refractivity contribution is 5.75. The molecule has 6 heteroatoms. The van der Waals surface area contributed by atoms with Crippen LogP contribution >= 0.6 is 0 Å². The standard InChI is InChI=1S/C33H36FNO4/c1-32(2)12-4-5-26(32)24-15-20(6-9-23(24)25-17-30(38-3)35-18-29(25)34)19-39-22-8-7-21-10-13-33(28(21)16-22)14-11-27(33)31(36)37/h6-9,15-18,26-27H,4-5,10-14,19H2,1-3H3,(H,36,37)/t26-,27+,33-/m0/s1. The molecule has 39 heavy (non-hydrogen) atoms. The van der Waals surface area contributed by atoms with Crippen molar-refractivity contribution in [1.82, 2.24) is 4.98 Å². The predicted octanol–water partition coefficient (Wildman–Crippen LogP) is 7.45. The van der Waals surface area contributed by atoms with Gasteiger partial charge in [-0.25, -0.2) is 9.37 Å². The van der Waals surface area contributed by atoms with Crippen molar-refractivity contribution in [2.24, 2.45) is 11.3 Å². The first kappa shape index (κ1) is 25.8. The number of benzene rings is 2. The van der Waals surface area contributed by atoms with Crippen LogP contribution in [0.2, 0.25) is 0 Å². The van der Waals surface area contributed by atoms with E-state index >= 15 is 4.39 Å². The minimum absolute atomic E-state index is 0.111. The summed E-state index contributed by atoms with van der Waals surface area (Å²) in [5.74, 6) is 0.110. The van der Waals surface area contributed by atoms with Crippen molar-refractivity contribution in [2.45, 2.75) is 76.7 Å². The van der Waals surface area contributed by atoms with Gasteiger partial charge >= 0.3 is 5.97 Å². The van der Waals surface area contributed by atoms with Crippen molar-refractivity contribution in [3.8, 4) is 22.8 Å². The van der Waals surface area contributed by atoms with E-state index in [0.29, 0.717) is 24.0 Å². The Kier molecular flexibility index (Phi) is 6.40. The van der Waals surface area contributed by atoms with Gasteiger partial charge in [0.1, 0.15) is 18.2 Å². The monoisotopic (exact) mass is 529 g/mol. The molecule has 204 valence electrons. The molecule has 2 saturated carbocycles. The number of aryl methyl sites for hydroxylation is 1. The lowest BCUT2D eigenvalue weighted by atomic mass is 9.57. The molecule has 0 radical (unpaired) electrons. The summed E-state index contributed by atoms with van der Waals surface area (Å²) in [7, 11) is 1.54. The van der Waals surface area contributed by atoms with Crippen LogP contribution in [0.25, 0.3) is 11.1 Å². The summed E-state index contributed by atoms with van der Waals surface area (Å²) in [5, 5.41) is 9.74. The number of aromatic nitrogens is 1. The van der Waals surface area contributed by atoms with Crippen LogP contribution in [0.5, 0.6) is 11.6 Å². The maximum atomic E-state index is 15.0. The Morgan fingerprint density at radius 1 is 1.08 bits per heavy atom. The second-order valence-electron chi connectivity index (χ2n) is 12.3. The fourth-order valence-corrected chi connectivity index (χ4v) is 7.48. The van der Waals surface area contributed by atoms with Crippen molar-refractivity contribution in [3.05, 3.63) is 76.7 Å². The second kappa shape index (κ2) is 9.65. The van der Waals surface area contributed by atoms with Gasteiger partial charge in [0.15, 0.2) is 0 Å². The van der Waals surface area contributed by atoms with E-state index in [1.165, 1.54) is 11.8 Å². The molecule has 1 spiro atoms. The number of halogens is 1. The molecule has 0 amide bonds. The summed E-state index contributed by atoms with van der Waals surface area (Å²) in [5.41, 5.74) is 5.82. The minimum Gasteiger partial charge on any atom is -0.489 e. The smallest absolute Gasteiger partial charge is 0.307 e. The molecule has 0 aliphatic heterocycles. The number of ether oxygens (including phenoxy) is 2. The lowest BCUT2D eigenvalue weighted by molar-refractivity contribution is -0.149. The molecule has 0 bridgehead atoms. The molecule has 0 unspecified atom stereocenters. The number of hydrogen-bond donors (Lipinski definition) is 1. The minimum atomic E-state index is -0.689. The fourth-order valence-electron chi connectivity index (χ4n) is 7.48. The average Bonchev–Trinajstić information content (AvgIpc) is 3.47. The number of pyridine rings is 1. The largest absolute Gasteiger partial charge is 0.489 e. The van der Waals surface area contributed by atoms with Gasteiger partial charge in [0.25, 0.3) is 0 Å². The third kappa shape index (κ3) is 4.38. The van der Waals surface area contributed by atoms with Gasteiger partial charge < -0.3 is 14.6 Å². The van der Waals surface area contributed by atoms with Crippen molar-refractivity contribution in [3.63, 3.8) is 0 Å². The number of fused-ring (bicyclic) bond motifs is 2. The Hall–Kier alpha value is -3.41. The summed E-state index contributed by atoms with van der Waals surface area (Å²) in [6.07, 6.45) is 8.08. The van der Waals surface area contributed by atoms with Crippen molar-refractivity contribution in [1.29, 1.82) is 0 Å². The SMILES string of the molecule is COc1cc(-c2ccc(COc3ccc4c(c3)[C@@]3(CC4)CC[C@@H]3C(=O)O)cc2[C@@H]2CCCC2(C)C)c(F)cn1. The second-order valence-corrected chi connectivity index (χ2v) is 12.3. The van der Waals surface area contributed by atoms with Gasteiger partial charge in [0.05, 0.1) is 19.2 Å². The molecule has 1 aromatic heterocycles. The summed E-state index contributed by atoms with van der Waals surface area (Å²) >= 11 is 0. The van der Waals surface area contributed by atoms with Crippen LogP contribution in [-0.4, -0.2) is 23.2 Å². The highest BCUT2D eigenvalue weighted by Gasteiger charge is 2.54. The molecule has 5 nitrogen and oxygen atoms in total. The maximum Gasteiger partial charge on any atom is 0.307 e. The molecule has 2 aromatic carbocycles. The first-order chi connectivity index (χ1) is 18.7. The molecule has 3 aromatic rings. The van der Waals surface area contributed by atoms with Gasteiger partial charge in [-0.2, -0.15) is 0 Å². The van der Waals surface area contributed by atoms with E-state index in [4.69, 9.17) is 9.47 Å². The molecule has 6 rings (SSSR count). The van der Waals surface area contributed by atoms with E-state index in [2.05, 4.69) is 37.0 Å². The number of nitrogens with zero attached hydrogens (tertiary/aromatic N) is 1. The zero-order valence-corrected chi connectivity index (χ0v) is 22.9. The van der Waals surface area contributed by atoms with E-state index in [1.54, 1.807) is 13.2 Å². The molecule has 3 aliphatic carbocycles. The zero-order chi connectivity index (χ0) is 27.4. The number of methoxy groups -OCH3 is 1. The Morgan fingerprint density at radius 2 is 1.92 bits per heavy atom. The first-order valence-corrected chi connectivity index (χ1v) is 14.0. The van der Waals surface area contributed by atoms with Gasteiger partial charge in [-0.1, -0.05) is 44.5 Å². The van der Waals surface area contributed by atoms with Crippen LogP contribution in [0.3, 0.4) is 0 Å². The van der Waals surface area contributed by atoms with E-state index in [0.717, 1.165) is 72.9 Å². The van der Waals surface area contributed by atoms with E-state index in [1.807, 2.05) is 18.2 Å². The van der Waals surface area contributed by atoms with Crippen LogP contribution in [0.1, 0.15) is 80.5 Å². The normalized spacial score (nSPS) is 24.8. The highest BCUT2D eigenvalue weighted by Crippen LogP contribution is 2.57. The van der Waals surface area contributed by atoms with Gasteiger partial charge in [-0.3, -0.25) is 4.79 Å². The molecule has 0 saturated heterocycles. The van der Waals surface area contributed by atoms with Crippen LogP contribution in [0, 0.1) is 17.2 Å². The molecule has 3 aliphatic rings. The fraction of sp³-hybridized carbons (Fsp3) is 0.455. The first-order valence-electron chi connectivity index (χ1n) is 14.0. The van der Waals surface area contributed by atoms with Crippen LogP contribution < -0.4 is 9.47 Å².